The molecule has 0 aliphatic heterocycles. The molecule has 0 aliphatic carbocycles. The van der Waals surface area contributed by atoms with Crippen molar-refractivity contribution in [2.75, 3.05) is 7.11 Å². The van der Waals surface area contributed by atoms with Crippen LogP contribution in [-0.4, -0.2) is 13.1 Å². The van der Waals surface area contributed by atoms with Crippen molar-refractivity contribution in [2.24, 2.45) is 0 Å². The van der Waals surface area contributed by atoms with Crippen LogP contribution >= 0.6 is 0 Å². The highest BCUT2D eigenvalue weighted by atomic mass is 16.5. The van der Waals surface area contributed by atoms with Crippen LogP contribution in [0.15, 0.2) is 12.2 Å². The molecule has 0 saturated heterocycles. The summed E-state index contributed by atoms with van der Waals surface area (Å²) >= 11 is 0. The molecule has 0 bridgehead atoms. The molecule has 0 rings (SSSR count). The van der Waals surface area contributed by atoms with Gasteiger partial charge < -0.3 is 4.74 Å². The van der Waals surface area contributed by atoms with Gasteiger partial charge in [0.05, 0.1) is 7.11 Å². The molecule has 2 nitrogen and oxygen atoms in total. The highest BCUT2D eigenvalue weighted by Crippen LogP contribution is 2.02. The number of methoxy groups -OCH3 is 1. The molecule has 0 amide bonds. The molecule has 0 aliphatic rings. The first-order chi connectivity index (χ1) is 6.31. The number of rotatable bonds is 7. The molecule has 2 heteroatoms. The van der Waals surface area contributed by atoms with Crippen molar-refractivity contribution in [3.05, 3.63) is 12.2 Å². The molecule has 0 aromatic heterocycles. The molecular weight excluding hydrogens is 164 g/mol. The lowest BCUT2D eigenvalue weighted by Gasteiger charge is -1.96. The monoisotopic (exact) mass is 184 g/mol. The van der Waals surface area contributed by atoms with Crippen molar-refractivity contribution in [1.82, 2.24) is 0 Å². The minimum absolute atomic E-state index is 0.0995. The van der Waals surface area contributed by atoms with Crippen LogP contribution in [0.4, 0.5) is 0 Å². The third-order valence-electron chi connectivity index (χ3n) is 1.85. The zero-order valence-corrected chi connectivity index (χ0v) is 8.71. The number of unbranched alkanes of at least 4 members (excludes halogenated alkanes) is 3. The molecule has 0 fully saturated rings. The van der Waals surface area contributed by atoms with Crippen LogP contribution in [0, 0.1) is 0 Å². The van der Waals surface area contributed by atoms with E-state index in [4.69, 9.17) is 0 Å². The number of esters is 1. The maximum absolute atomic E-state index is 10.7. The molecule has 0 aromatic rings. The van der Waals surface area contributed by atoms with E-state index in [0.29, 0.717) is 6.42 Å². The van der Waals surface area contributed by atoms with Crippen LogP contribution in [0.3, 0.4) is 0 Å². The molecule has 0 aromatic carbocycles. The Kier molecular flexibility index (Phi) is 8.73. The number of hydrogen-bond acceptors (Lipinski definition) is 2. The predicted octanol–water partition coefficient (Wildman–Crippen LogP) is 3.08. The summed E-state index contributed by atoms with van der Waals surface area (Å²) in [6, 6.07) is 0. The second-order valence-electron chi connectivity index (χ2n) is 3.08. The Morgan fingerprint density at radius 2 is 1.92 bits per heavy atom. The van der Waals surface area contributed by atoms with Crippen LogP contribution < -0.4 is 0 Å². The summed E-state index contributed by atoms with van der Waals surface area (Å²) in [5, 5.41) is 0. The zero-order chi connectivity index (χ0) is 9.94. The second kappa shape index (κ2) is 9.30. The summed E-state index contributed by atoms with van der Waals surface area (Å²) < 4.78 is 4.54. The van der Waals surface area contributed by atoms with Gasteiger partial charge in [-0.25, -0.2) is 0 Å². The van der Waals surface area contributed by atoms with Gasteiger partial charge in [0.15, 0.2) is 0 Å². The molecule has 0 unspecified atom stereocenters. The fraction of sp³-hybridized carbons (Fsp3) is 0.727. The van der Waals surface area contributed by atoms with E-state index in [0.717, 1.165) is 25.7 Å². The van der Waals surface area contributed by atoms with E-state index < -0.39 is 0 Å². The van der Waals surface area contributed by atoms with Crippen molar-refractivity contribution in [1.29, 1.82) is 0 Å². The van der Waals surface area contributed by atoms with Gasteiger partial charge in [-0.3, -0.25) is 4.79 Å². The van der Waals surface area contributed by atoms with Crippen molar-refractivity contribution < 1.29 is 9.53 Å². The number of carbonyl (C=O) groups is 1. The minimum Gasteiger partial charge on any atom is -0.469 e. The molecule has 0 saturated carbocycles. The number of ether oxygens (including phenoxy) is 1. The normalized spacial score (nSPS) is 10.6. The number of carbonyl (C=O) groups excluding carboxylic acids is 1. The number of allylic oxidation sites excluding steroid dienone is 2. The Bertz CT molecular complexity index is 150. The van der Waals surface area contributed by atoms with Gasteiger partial charge in [0, 0.05) is 6.42 Å². The van der Waals surface area contributed by atoms with E-state index in [9.17, 15) is 4.79 Å². The lowest BCUT2D eigenvalue weighted by molar-refractivity contribution is -0.140. The lowest BCUT2D eigenvalue weighted by atomic mass is 10.2. The molecule has 0 heterocycles. The average Bonchev–Trinajstić information content (AvgIpc) is 2.16. The van der Waals surface area contributed by atoms with Crippen molar-refractivity contribution >= 4 is 5.97 Å². The van der Waals surface area contributed by atoms with E-state index in [1.165, 1.54) is 13.5 Å². The smallest absolute Gasteiger partial charge is 0.305 e. The van der Waals surface area contributed by atoms with Gasteiger partial charge in [0.2, 0.25) is 0 Å². The van der Waals surface area contributed by atoms with Gasteiger partial charge in [-0.1, -0.05) is 25.5 Å². The van der Waals surface area contributed by atoms with Gasteiger partial charge in [-0.2, -0.15) is 0 Å². The molecular formula is C11H20O2. The molecule has 0 atom stereocenters. The summed E-state index contributed by atoms with van der Waals surface area (Å²) in [7, 11) is 1.43. The van der Waals surface area contributed by atoms with Gasteiger partial charge in [-0.05, 0) is 25.7 Å². The third-order valence-corrected chi connectivity index (χ3v) is 1.85. The van der Waals surface area contributed by atoms with Crippen molar-refractivity contribution in [3.63, 3.8) is 0 Å². The largest absolute Gasteiger partial charge is 0.469 e. The quantitative estimate of drug-likeness (QED) is 0.345. The van der Waals surface area contributed by atoms with Crippen LogP contribution in [0.1, 0.15) is 45.4 Å². The van der Waals surface area contributed by atoms with Gasteiger partial charge in [0.1, 0.15) is 0 Å². The maximum atomic E-state index is 10.7. The van der Waals surface area contributed by atoms with Crippen LogP contribution in [0.25, 0.3) is 0 Å². The van der Waals surface area contributed by atoms with Gasteiger partial charge in [0.25, 0.3) is 0 Å². The van der Waals surface area contributed by atoms with Crippen LogP contribution in [0.5, 0.6) is 0 Å². The third kappa shape index (κ3) is 9.12. The Morgan fingerprint density at radius 1 is 1.23 bits per heavy atom. The van der Waals surface area contributed by atoms with E-state index in [1.807, 2.05) is 0 Å². The first kappa shape index (κ1) is 12.2. The molecule has 0 N–H and O–H groups in total. The standard InChI is InChI=1S/C11H20O2/c1-3-4-5-6-7-8-9-10-11(12)13-2/h5-6H,3-4,7-10H2,1-2H3/b6-5-. The summed E-state index contributed by atoms with van der Waals surface area (Å²) in [5.41, 5.74) is 0. The van der Waals surface area contributed by atoms with E-state index in [-0.39, 0.29) is 5.97 Å². The Labute approximate surface area is 81.0 Å². The summed E-state index contributed by atoms with van der Waals surface area (Å²) in [5.74, 6) is -0.0995. The van der Waals surface area contributed by atoms with E-state index in [2.05, 4.69) is 23.8 Å². The molecule has 13 heavy (non-hydrogen) atoms. The predicted molar refractivity (Wildman–Crippen MR) is 54.5 cm³/mol. The summed E-state index contributed by atoms with van der Waals surface area (Å²) in [4.78, 5) is 10.7. The van der Waals surface area contributed by atoms with Crippen molar-refractivity contribution in [2.45, 2.75) is 45.4 Å². The minimum atomic E-state index is -0.0995. The summed E-state index contributed by atoms with van der Waals surface area (Å²) in [6.45, 7) is 2.17. The van der Waals surface area contributed by atoms with Crippen LogP contribution in [-0.2, 0) is 9.53 Å². The lowest BCUT2D eigenvalue weighted by Crippen LogP contribution is -1.98. The van der Waals surface area contributed by atoms with Gasteiger partial charge >= 0.3 is 5.97 Å². The highest BCUT2D eigenvalue weighted by Gasteiger charge is 1.97. The molecule has 0 spiro atoms. The maximum Gasteiger partial charge on any atom is 0.305 e. The first-order valence-electron chi connectivity index (χ1n) is 5.03. The van der Waals surface area contributed by atoms with Crippen LogP contribution in [0.2, 0.25) is 0 Å². The fourth-order valence-electron chi connectivity index (χ4n) is 1.04. The van der Waals surface area contributed by atoms with E-state index in [1.54, 1.807) is 0 Å². The fourth-order valence-corrected chi connectivity index (χ4v) is 1.04. The topological polar surface area (TPSA) is 26.3 Å². The first-order valence-corrected chi connectivity index (χ1v) is 5.03. The Balaban J connectivity index is 3.12. The Morgan fingerprint density at radius 3 is 2.54 bits per heavy atom. The summed E-state index contributed by atoms with van der Waals surface area (Å²) in [6.07, 6.45) is 10.4. The molecule has 0 radical (unpaired) electrons. The average molecular weight is 184 g/mol. The van der Waals surface area contributed by atoms with Gasteiger partial charge in [-0.15, -0.1) is 0 Å². The SMILES string of the molecule is CCC/C=C\CCCCC(=O)OC. The zero-order valence-electron chi connectivity index (χ0n) is 8.71. The van der Waals surface area contributed by atoms with Crippen molar-refractivity contribution in [3.8, 4) is 0 Å². The second-order valence-corrected chi connectivity index (χ2v) is 3.08. The molecule has 76 valence electrons. The Hall–Kier alpha value is -0.790. The van der Waals surface area contributed by atoms with E-state index >= 15 is 0 Å². The number of hydrogen-bond donors (Lipinski definition) is 0. The highest BCUT2D eigenvalue weighted by molar-refractivity contribution is 5.68.